The monoisotopic (exact) mass is 414 g/mol. The highest BCUT2D eigenvalue weighted by molar-refractivity contribution is 8.00. The third-order valence-corrected chi connectivity index (χ3v) is 5.90. The molecule has 0 N–H and O–H groups in total. The fourth-order valence-corrected chi connectivity index (χ4v) is 4.24. The van der Waals surface area contributed by atoms with Gasteiger partial charge in [-0.05, 0) is 37.6 Å². The number of rotatable bonds is 7. The van der Waals surface area contributed by atoms with Crippen LogP contribution in [0.1, 0.15) is 27.2 Å². The number of benzene rings is 2. The number of halogens is 1. The summed E-state index contributed by atoms with van der Waals surface area (Å²) in [7, 11) is 0. The fraction of sp³-hybridized carbons (Fsp3) is 0.190. The molecule has 2 aromatic carbocycles. The molecule has 3 rings (SSSR count). The van der Waals surface area contributed by atoms with E-state index in [4.69, 9.17) is 11.6 Å². The van der Waals surface area contributed by atoms with Crippen LogP contribution in [-0.2, 0) is 5.75 Å². The Bertz CT molecular complexity index is 928. The second-order valence-corrected chi connectivity index (χ2v) is 8.50. The van der Waals surface area contributed by atoms with E-state index in [9.17, 15) is 4.79 Å². The Balaban J connectivity index is 1.61. The lowest BCUT2D eigenvalue weighted by atomic mass is 10.1. The highest BCUT2D eigenvalue weighted by Gasteiger charge is 2.09. The van der Waals surface area contributed by atoms with E-state index < -0.39 is 0 Å². The van der Waals surface area contributed by atoms with Crippen LogP contribution in [0, 0.1) is 13.8 Å². The van der Waals surface area contributed by atoms with E-state index in [0.717, 1.165) is 37.8 Å². The SMILES string of the molecule is Cc1ccc(C(=O)CSc2cc(C)nc(SCc3ccc(Cl)cc3)n2)cc1. The molecule has 0 saturated heterocycles. The first-order valence-electron chi connectivity index (χ1n) is 8.45. The Morgan fingerprint density at radius 2 is 1.67 bits per heavy atom. The van der Waals surface area contributed by atoms with Gasteiger partial charge < -0.3 is 0 Å². The topological polar surface area (TPSA) is 42.9 Å². The van der Waals surface area contributed by atoms with Crippen molar-refractivity contribution in [2.45, 2.75) is 29.8 Å². The number of carbonyl (C=O) groups excluding carboxylic acids is 1. The molecule has 3 aromatic rings. The number of ketones is 1. The first kappa shape index (κ1) is 19.9. The van der Waals surface area contributed by atoms with E-state index in [-0.39, 0.29) is 5.78 Å². The van der Waals surface area contributed by atoms with Crippen LogP contribution in [0.5, 0.6) is 0 Å². The normalized spacial score (nSPS) is 10.8. The van der Waals surface area contributed by atoms with Crippen molar-refractivity contribution in [2.75, 3.05) is 5.75 Å². The van der Waals surface area contributed by atoms with Gasteiger partial charge in [-0.2, -0.15) is 0 Å². The maximum absolute atomic E-state index is 12.4. The molecule has 0 radical (unpaired) electrons. The van der Waals surface area contributed by atoms with Gasteiger partial charge in [0.1, 0.15) is 5.03 Å². The van der Waals surface area contributed by atoms with E-state index in [0.29, 0.717) is 5.75 Å². The third kappa shape index (κ3) is 6.09. The summed E-state index contributed by atoms with van der Waals surface area (Å²) in [4.78, 5) is 21.4. The van der Waals surface area contributed by atoms with E-state index in [2.05, 4.69) is 9.97 Å². The van der Waals surface area contributed by atoms with Crippen LogP contribution >= 0.6 is 35.1 Å². The summed E-state index contributed by atoms with van der Waals surface area (Å²) in [5.41, 5.74) is 3.94. The first-order chi connectivity index (χ1) is 13.0. The summed E-state index contributed by atoms with van der Waals surface area (Å²) < 4.78 is 0. The van der Waals surface area contributed by atoms with Gasteiger partial charge in [0.2, 0.25) is 0 Å². The standard InChI is InChI=1S/C21H19ClN2OS2/c1-14-3-7-17(8-4-14)19(25)13-26-20-11-15(2)23-21(24-20)27-12-16-5-9-18(22)10-6-16/h3-11H,12-13H2,1-2H3. The molecule has 1 heterocycles. The number of aryl methyl sites for hydroxylation is 2. The van der Waals surface area contributed by atoms with Crippen molar-refractivity contribution in [1.29, 1.82) is 0 Å². The van der Waals surface area contributed by atoms with Crippen molar-refractivity contribution in [2.24, 2.45) is 0 Å². The van der Waals surface area contributed by atoms with Crippen LogP contribution in [0.2, 0.25) is 5.02 Å². The van der Waals surface area contributed by atoms with Gasteiger partial charge in [-0.1, -0.05) is 77.1 Å². The molecule has 0 atom stereocenters. The quantitative estimate of drug-likeness (QED) is 0.205. The van der Waals surface area contributed by atoms with E-state index in [1.807, 2.05) is 68.4 Å². The molecule has 0 fully saturated rings. The summed E-state index contributed by atoms with van der Waals surface area (Å²) in [5.74, 6) is 1.24. The van der Waals surface area contributed by atoms with E-state index >= 15 is 0 Å². The molecular weight excluding hydrogens is 396 g/mol. The van der Waals surface area contributed by atoms with E-state index in [1.54, 1.807) is 11.8 Å². The predicted octanol–water partition coefficient (Wildman–Crippen LogP) is 6.01. The average Bonchev–Trinajstić information content (AvgIpc) is 2.66. The molecule has 6 heteroatoms. The van der Waals surface area contributed by atoms with Crippen molar-refractivity contribution < 1.29 is 4.79 Å². The highest BCUT2D eigenvalue weighted by Crippen LogP contribution is 2.25. The molecule has 27 heavy (non-hydrogen) atoms. The van der Waals surface area contributed by atoms with Gasteiger partial charge in [0.05, 0.1) is 5.75 Å². The molecule has 0 unspecified atom stereocenters. The number of carbonyl (C=O) groups is 1. The maximum atomic E-state index is 12.4. The molecule has 0 aliphatic rings. The Hall–Kier alpha value is -1.82. The van der Waals surface area contributed by atoms with Crippen LogP contribution in [0.25, 0.3) is 0 Å². The van der Waals surface area contributed by atoms with Crippen LogP contribution in [-0.4, -0.2) is 21.5 Å². The van der Waals surface area contributed by atoms with Gasteiger partial charge in [0, 0.05) is 22.0 Å². The van der Waals surface area contributed by atoms with Gasteiger partial charge in [-0.25, -0.2) is 9.97 Å². The summed E-state index contributed by atoms with van der Waals surface area (Å²) in [6, 6.07) is 17.3. The van der Waals surface area contributed by atoms with Crippen LogP contribution in [0.3, 0.4) is 0 Å². The van der Waals surface area contributed by atoms with Crippen LogP contribution in [0.4, 0.5) is 0 Å². The smallest absolute Gasteiger partial charge is 0.189 e. The minimum absolute atomic E-state index is 0.103. The van der Waals surface area contributed by atoms with Crippen molar-refractivity contribution in [3.63, 3.8) is 0 Å². The van der Waals surface area contributed by atoms with Crippen molar-refractivity contribution in [3.8, 4) is 0 Å². The van der Waals surface area contributed by atoms with Crippen LogP contribution in [0.15, 0.2) is 64.8 Å². The van der Waals surface area contributed by atoms with Crippen molar-refractivity contribution in [1.82, 2.24) is 9.97 Å². The molecular formula is C21H19ClN2OS2. The molecule has 0 aliphatic heterocycles. The highest BCUT2D eigenvalue weighted by atomic mass is 35.5. The Kier molecular flexibility index (Phi) is 6.94. The summed E-state index contributed by atoms with van der Waals surface area (Å²) in [5, 5.41) is 2.27. The number of thioether (sulfide) groups is 2. The summed E-state index contributed by atoms with van der Waals surface area (Å²) >= 11 is 8.95. The average molecular weight is 415 g/mol. The lowest BCUT2D eigenvalue weighted by Gasteiger charge is -2.06. The van der Waals surface area contributed by atoms with Crippen molar-refractivity contribution in [3.05, 3.63) is 82.0 Å². The third-order valence-electron chi connectivity index (χ3n) is 3.82. The largest absolute Gasteiger partial charge is 0.293 e. The Morgan fingerprint density at radius 3 is 2.37 bits per heavy atom. The molecule has 3 nitrogen and oxygen atoms in total. The van der Waals surface area contributed by atoms with Crippen molar-refractivity contribution >= 4 is 40.9 Å². The molecule has 0 spiro atoms. The lowest BCUT2D eigenvalue weighted by molar-refractivity contribution is 0.102. The van der Waals surface area contributed by atoms with Gasteiger partial charge >= 0.3 is 0 Å². The summed E-state index contributed by atoms with van der Waals surface area (Å²) in [6.45, 7) is 3.95. The zero-order chi connectivity index (χ0) is 19.2. The Morgan fingerprint density at radius 1 is 0.963 bits per heavy atom. The molecule has 0 amide bonds. The van der Waals surface area contributed by atoms with Gasteiger partial charge in [0.15, 0.2) is 10.9 Å². The number of nitrogens with zero attached hydrogens (tertiary/aromatic N) is 2. The number of Topliss-reactive ketones (excluding diaryl/α,β-unsaturated/α-hetero) is 1. The van der Waals surface area contributed by atoms with Gasteiger partial charge in [0.25, 0.3) is 0 Å². The predicted molar refractivity (Wildman–Crippen MR) is 114 cm³/mol. The Labute approximate surface area is 173 Å². The van der Waals surface area contributed by atoms with Gasteiger partial charge in [-0.3, -0.25) is 4.79 Å². The molecule has 0 aliphatic carbocycles. The number of hydrogen-bond acceptors (Lipinski definition) is 5. The minimum atomic E-state index is 0.103. The fourth-order valence-electron chi connectivity index (χ4n) is 2.34. The minimum Gasteiger partial charge on any atom is -0.293 e. The molecule has 0 saturated carbocycles. The second kappa shape index (κ2) is 9.40. The zero-order valence-electron chi connectivity index (χ0n) is 15.1. The lowest BCUT2D eigenvalue weighted by Crippen LogP contribution is -2.03. The molecule has 0 bridgehead atoms. The molecule has 138 valence electrons. The van der Waals surface area contributed by atoms with Gasteiger partial charge in [-0.15, -0.1) is 0 Å². The first-order valence-corrected chi connectivity index (χ1v) is 10.8. The summed E-state index contributed by atoms with van der Waals surface area (Å²) in [6.07, 6.45) is 0. The maximum Gasteiger partial charge on any atom is 0.189 e. The van der Waals surface area contributed by atoms with E-state index in [1.165, 1.54) is 17.3 Å². The second-order valence-electron chi connectivity index (χ2n) is 6.12. The molecule has 1 aromatic heterocycles. The number of hydrogen-bond donors (Lipinski definition) is 0. The van der Waals surface area contributed by atoms with Crippen LogP contribution < -0.4 is 0 Å². The zero-order valence-corrected chi connectivity index (χ0v) is 17.5. The number of aromatic nitrogens is 2.